The van der Waals surface area contributed by atoms with E-state index >= 15 is 0 Å². The Kier molecular flexibility index (Phi) is 7.06. The van der Waals surface area contributed by atoms with Gasteiger partial charge in [0.05, 0.1) is 48.3 Å². The van der Waals surface area contributed by atoms with Crippen LogP contribution >= 0.6 is 0 Å². The van der Waals surface area contributed by atoms with Crippen molar-refractivity contribution in [3.05, 3.63) is 71.3 Å². The Hall–Kier alpha value is -3.57. The number of alkyl halides is 3. The van der Waals surface area contributed by atoms with Crippen LogP contribution in [0.25, 0.3) is 0 Å². The molecule has 4 heterocycles. The first kappa shape index (κ1) is 26.1. The minimum Gasteiger partial charge on any atom is -0.495 e. The highest BCUT2D eigenvalue weighted by molar-refractivity contribution is 6.15. The summed E-state index contributed by atoms with van der Waals surface area (Å²) >= 11 is 0. The van der Waals surface area contributed by atoms with Crippen molar-refractivity contribution in [3.63, 3.8) is 0 Å². The Morgan fingerprint density at radius 3 is 2.71 bits per heavy atom. The minimum absolute atomic E-state index is 0.0938. The van der Waals surface area contributed by atoms with Crippen LogP contribution in [-0.4, -0.2) is 73.7 Å². The number of nitrogens with zero attached hydrogens (tertiary/aromatic N) is 5. The van der Waals surface area contributed by atoms with Crippen molar-refractivity contribution in [3.8, 4) is 5.75 Å². The number of aromatic nitrogens is 1. The normalized spacial score (nSPS) is 19.8. The summed E-state index contributed by atoms with van der Waals surface area (Å²) in [6.45, 7) is 6.46. The molecule has 0 amide bonds. The number of aliphatic hydroxyl groups excluding tert-OH is 1. The fourth-order valence-electron chi connectivity index (χ4n) is 5.37. The molecule has 1 aromatic carbocycles. The van der Waals surface area contributed by atoms with Gasteiger partial charge in [-0.2, -0.15) is 18.3 Å². The topological polar surface area (TPSA) is 76.5 Å². The van der Waals surface area contributed by atoms with Crippen molar-refractivity contribution >= 4 is 17.1 Å². The number of pyridine rings is 1. The Morgan fingerprint density at radius 2 is 2.03 bits per heavy atom. The Bertz CT molecular complexity index is 1290. The highest BCUT2D eigenvalue weighted by Gasteiger charge is 2.40. The van der Waals surface area contributed by atoms with Crippen LogP contribution in [0.5, 0.6) is 5.75 Å². The summed E-state index contributed by atoms with van der Waals surface area (Å²) in [7, 11) is 3.41. The van der Waals surface area contributed by atoms with Crippen LogP contribution in [0.15, 0.2) is 65.3 Å². The fraction of sp³-hybridized carbons (Fsp3) is 0.407. The lowest BCUT2D eigenvalue weighted by atomic mass is 9.98. The largest absolute Gasteiger partial charge is 0.495 e. The average Bonchev–Trinajstić information content (AvgIpc) is 3.56. The lowest BCUT2D eigenvalue weighted by molar-refractivity contribution is -0.137. The van der Waals surface area contributed by atoms with Gasteiger partial charge in [0, 0.05) is 55.2 Å². The van der Waals surface area contributed by atoms with Gasteiger partial charge in [0.15, 0.2) is 0 Å². The van der Waals surface area contributed by atoms with Gasteiger partial charge >= 0.3 is 6.18 Å². The summed E-state index contributed by atoms with van der Waals surface area (Å²) in [5, 5.41) is 19.0. The number of β-amino-alcohol motifs (C(OH)–C–C–N with tert-alkyl or cyclic N) is 1. The summed E-state index contributed by atoms with van der Waals surface area (Å²) in [5.41, 5.74) is 2.81. The molecule has 0 saturated carbocycles. The lowest BCUT2D eigenvalue weighted by Gasteiger charge is -2.34. The van der Waals surface area contributed by atoms with Crippen molar-refractivity contribution in [2.75, 3.05) is 56.9 Å². The molecule has 2 N–H and O–H groups in total. The van der Waals surface area contributed by atoms with Crippen molar-refractivity contribution in [2.45, 2.75) is 25.1 Å². The van der Waals surface area contributed by atoms with Crippen molar-refractivity contribution in [2.24, 2.45) is 5.10 Å². The van der Waals surface area contributed by atoms with Crippen molar-refractivity contribution in [1.29, 1.82) is 0 Å². The molecule has 8 nitrogen and oxygen atoms in total. The molecular weight excluding hydrogens is 497 g/mol. The third-order valence-electron chi connectivity index (χ3n) is 7.32. The highest BCUT2D eigenvalue weighted by Crippen LogP contribution is 2.44. The summed E-state index contributed by atoms with van der Waals surface area (Å²) in [6.07, 6.45) is 0.0980. The van der Waals surface area contributed by atoms with Crippen LogP contribution in [0.4, 0.5) is 24.5 Å². The van der Waals surface area contributed by atoms with E-state index in [0.29, 0.717) is 60.2 Å². The zero-order valence-corrected chi connectivity index (χ0v) is 21.4. The smallest absolute Gasteiger partial charge is 0.418 e. The number of anilines is 2. The second kappa shape index (κ2) is 10.3. The fourth-order valence-corrected chi connectivity index (χ4v) is 5.37. The van der Waals surface area contributed by atoms with Crippen LogP contribution in [-0.2, 0) is 6.18 Å². The minimum atomic E-state index is -4.60. The summed E-state index contributed by atoms with van der Waals surface area (Å²) in [6, 6.07) is 6.23. The summed E-state index contributed by atoms with van der Waals surface area (Å²) in [5.74, 6) is 0.514. The average molecular weight is 529 g/mol. The quantitative estimate of drug-likeness (QED) is 0.569. The maximum atomic E-state index is 14.3. The molecule has 0 aliphatic carbocycles. The van der Waals surface area contributed by atoms with Gasteiger partial charge in [-0.05, 0) is 44.2 Å². The second-order valence-corrected chi connectivity index (χ2v) is 9.53. The maximum Gasteiger partial charge on any atom is 0.418 e. The zero-order chi connectivity index (χ0) is 27.0. The van der Waals surface area contributed by atoms with Gasteiger partial charge in [-0.25, -0.2) is 5.01 Å². The standard InChI is InChI=1S/C27H31F3N6O2/c1-17-26-22(7-9-34(26)10-11-37)25(18-12-21(38-3)15-32-14-18)33-36(17)24-13-20(4-5-23(24)27(28,29)30)35-8-6-19(16-35)31-2/h4-5,12-15,19,31,37H,1,6-11,16H2,2-3H3. The van der Waals surface area contributed by atoms with Gasteiger partial charge in [0.2, 0.25) is 0 Å². The van der Waals surface area contributed by atoms with E-state index in [4.69, 9.17) is 9.84 Å². The first-order chi connectivity index (χ1) is 18.2. The molecule has 1 unspecified atom stereocenters. The third-order valence-corrected chi connectivity index (χ3v) is 7.32. The molecule has 3 aliphatic heterocycles. The Morgan fingerprint density at radius 1 is 1.21 bits per heavy atom. The van der Waals surface area contributed by atoms with Crippen LogP contribution in [0.2, 0.25) is 0 Å². The van der Waals surface area contributed by atoms with Crippen LogP contribution in [0.3, 0.4) is 0 Å². The Labute approximate surface area is 219 Å². The number of hydrogen-bond donors (Lipinski definition) is 2. The number of benzene rings is 1. The monoisotopic (exact) mass is 528 g/mol. The number of hydrogen-bond acceptors (Lipinski definition) is 8. The predicted octanol–water partition coefficient (Wildman–Crippen LogP) is 3.60. The molecule has 1 aromatic heterocycles. The van der Waals surface area contributed by atoms with E-state index in [1.807, 2.05) is 11.9 Å². The molecule has 1 atom stereocenters. The maximum absolute atomic E-state index is 14.3. The van der Waals surface area contributed by atoms with E-state index in [1.54, 1.807) is 24.5 Å². The van der Waals surface area contributed by atoms with Crippen LogP contribution in [0, 0.1) is 0 Å². The molecule has 0 bridgehead atoms. The predicted molar refractivity (Wildman–Crippen MR) is 140 cm³/mol. The molecule has 2 aromatic rings. The molecule has 202 valence electrons. The molecule has 0 radical (unpaired) electrons. The van der Waals surface area contributed by atoms with Gasteiger partial charge in [-0.1, -0.05) is 6.58 Å². The van der Waals surface area contributed by atoms with E-state index in [1.165, 1.54) is 18.2 Å². The van der Waals surface area contributed by atoms with Gasteiger partial charge in [-0.15, -0.1) is 0 Å². The van der Waals surface area contributed by atoms with Gasteiger partial charge < -0.3 is 25.0 Å². The number of ether oxygens (including phenoxy) is 1. The molecule has 11 heteroatoms. The highest BCUT2D eigenvalue weighted by atomic mass is 19.4. The van der Waals surface area contributed by atoms with Gasteiger partial charge in [-0.3, -0.25) is 4.98 Å². The number of likely N-dealkylation sites (N-methyl/N-ethyl adjacent to an activating group) is 1. The van der Waals surface area contributed by atoms with E-state index in [0.717, 1.165) is 24.6 Å². The van der Waals surface area contributed by atoms with Crippen molar-refractivity contribution in [1.82, 2.24) is 15.2 Å². The van der Waals surface area contributed by atoms with E-state index in [9.17, 15) is 18.3 Å². The second-order valence-electron chi connectivity index (χ2n) is 9.53. The molecule has 1 fully saturated rings. The molecule has 3 aliphatic rings. The first-order valence-electron chi connectivity index (χ1n) is 12.5. The number of rotatable bonds is 7. The molecule has 5 rings (SSSR count). The van der Waals surface area contributed by atoms with Crippen LogP contribution < -0.4 is 20.0 Å². The first-order valence-corrected chi connectivity index (χ1v) is 12.5. The Balaban J connectivity index is 1.66. The number of aliphatic hydroxyl groups is 1. The molecule has 38 heavy (non-hydrogen) atoms. The van der Waals surface area contributed by atoms with Gasteiger partial charge in [0.25, 0.3) is 0 Å². The number of hydrazone groups is 1. The van der Waals surface area contributed by atoms with E-state index in [-0.39, 0.29) is 18.3 Å². The van der Waals surface area contributed by atoms with Gasteiger partial charge in [0.1, 0.15) is 5.75 Å². The van der Waals surface area contributed by atoms with E-state index < -0.39 is 11.7 Å². The van der Waals surface area contributed by atoms with Crippen LogP contribution in [0.1, 0.15) is 24.0 Å². The van der Waals surface area contributed by atoms with Crippen molar-refractivity contribution < 1.29 is 23.0 Å². The summed E-state index contributed by atoms with van der Waals surface area (Å²) < 4.78 is 48.3. The number of methoxy groups -OCH3 is 1. The summed E-state index contributed by atoms with van der Waals surface area (Å²) in [4.78, 5) is 8.26. The number of nitrogens with one attached hydrogen (secondary N) is 1. The lowest BCUT2D eigenvalue weighted by Crippen LogP contribution is -2.33. The molecule has 0 spiro atoms. The zero-order valence-electron chi connectivity index (χ0n) is 21.4. The van der Waals surface area contributed by atoms with E-state index in [2.05, 4.69) is 21.8 Å². The number of halogens is 3. The molecule has 1 saturated heterocycles. The third kappa shape index (κ3) is 4.71. The molecular formula is C27H31F3N6O2. The SMILES string of the molecule is C=C1C2=C(CCN2CCO)C(c2cncc(OC)c2)=NN1c1cc(N2CCC(NC)C2)ccc1C(F)(F)F.